The van der Waals surface area contributed by atoms with Crippen LogP contribution in [-0.4, -0.2) is 29.3 Å². The molecule has 2 fully saturated rings. The molecule has 2 heterocycles. The average molecular weight is 262 g/mol. The van der Waals surface area contributed by atoms with Crippen LogP contribution in [-0.2, 0) is 0 Å². The molecule has 5 heteroatoms. The Morgan fingerprint density at radius 3 is 2.63 bits per heavy atom. The lowest BCUT2D eigenvalue weighted by molar-refractivity contribution is 0.0685. The molecule has 0 aliphatic carbocycles. The molecule has 19 heavy (non-hydrogen) atoms. The van der Waals surface area contributed by atoms with Crippen LogP contribution in [0.3, 0.4) is 0 Å². The summed E-state index contributed by atoms with van der Waals surface area (Å²) in [5.74, 6) is -0.577. The van der Waals surface area contributed by atoms with Gasteiger partial charge in [-0.25, -0.2) is 4.79 Å². The molecule has 0 saturated carbocycles. The van der Waals surface area contributed by atoms with Gasteiger partial charge in [-0.05, 0) is 43.9 Å². The maximum atomic E-state index is 11.2. The fraction of sp³-hybridized carbons (Fsp3) is 0.500. The van der Waals surface area contributed by atoms with Crippen molar-refractivity contribution in [3.8, 4) is 5.75 Å². The highest BCUT2D eigenvalue weighted by Gasteiger charge is 2.34. The van der Waals surface area contributed by atoms with Crippen molar-refractivity contribution in [3.05, 3.63) is 23.8 Å². The number of carbonyl (C=O) groups is 1. The van der Waals surface area contributed by atoms with Gasteiger partial charge in [-0.3, -0.25) is 0 Å². The van der Waals surface area contributed by atoms with Gasteiger partial charge in [0.15, 0.2) is 0 Å². The molecule has 2 saturated heterocycles. The number of ether oxygens (including phenoxy) is 1. The monoisotopic (exact) mass is 262 g/mol. The SMILES string of the molecule is Nc1ccc(OC2CC3CCC(C2)N3)c(C(=O)O)c1. The van der Waals surface area contributed by atoms with Gasteiger partial charge in [0, 0.05) is 17.8 Å². The van der Waals surface area contributed by atoms with Crippen LogP contribution in [0.25, 0.3) is 0 Å². The van der Waals surface area contributed by atoms with Crippen LogP contribution in [0, 0.1) is 0 Å². The molecular weight excluding hydrogens is 244 g/mol. The Bertz CT molecular complexity index is 491. The number of anilines is 1. The number of carboxylic acid groups (broad SMARTS) is 1. The van der Waals surface area contributed by atoms with Crippen LogP contribution >= 0.6 is 0 Å². The van der Waals surface area contributed by atoms with Gasteiger partial charge in [-0.15, -0.1) is 0 Å². The third-order valence-corrected chi connectivity index (χ3v) is 3.96. The number of hydrogen-bond acceptors (Lipinski definition) is 4. The molecular formula is C14H18N2O3. The number of nitrogens with one attached hydrogen (secondary N) is 1. The number of carboxylic acids is 1. The normalized spacial score (nSPS) is 29.2. The molecule has 2 unspecified atom stereocenters. The van der Waals surface area contributed by atoms with E-state index in [4.69, 9.17) is 10.5 Å². The smallest absolute Gasteiger partial charge is 0.339 e. The number of rotatable bonds is 3. The Labute approximate surface area is 111 Å². The van der Waals surface area contributed by atoms with E-state index in [9.17, 15) is 9.90 Å². The molecule has 2 bridgehead atoms. The van der Waals surface area contributed by atoms with Gasteiger partial charge in [0.2, 0.25) is 0 Å². The van der Waals surface area contributed by atoms with E-state index < -0.39 is 5.97 Å². The molecule has 3 rings (SSSR count). The zero-order valence-electron chi connectivity index (χ0n) is 10.6. The standard InChI is InChI=1S/C14H18N2O3/c15-8-1-4-13(12(5-8)14(17)18)19-11-6-9-2-3-10(7-11)16-9/h1,4-5,9-11,16H,2-3,6-7,15H2,(H,17,18). The largest absolute Gasteiger partial charge is 0.489 e. The highest BCUT2D eigenvalue weighted by atomic mass is 16.5. The summed E-state index contributed by atoms with van der Waals surface area (Å²) in [7, 11) is 0. The van der Waals surface area contributed by atoms with Crippen molar-refractivity contribution in [1.29, 1.82) is 0 Å². The Hall–Kier alpha value is -1.75. The van der Waals surface area contributed by atoms with E-state index in [1.54, 1.807) is 12.1 Å². The minimum absolute atomic E-state index is 0.0977. The Morgan fingerprint density at radius 2 is 2.00 bits per heavy atom. The van der Waals surface area contributed by atoms with E-state index in [2.05, 4.69) is 5.32 Å². The summed E-state index contributed by atoms with van der Waals surface area (Å²) < 4.78 is 5.91. The van der Waals surface area contributed by atoms with Gasteiger partial charge >= 0.3 is 5.97 Å². The number of hydrogen-bond donors (Lipinski definition) is 3. The van der Waals surface area contributed by atoms with Crippen molar-refractivity contribution < 1.29 is 14.6 Å². The third-order valence-electron chi connectivity index (χ3n) is 3.96. The van der Waals surface area contributed by atoms with Crippen molar-refractivity contribution in [2.45, 2.75) is 43.9 Å². The van der Waals surface area contributed by atoms with Crippen molar-refractivity contribution in [3.63, 3.8) is 0 Å². The fourth-order valence-corrected chi connectivity index (χ4v) is 3.10. The number of fused-ring (bicyclic) bond motifs is 2. The fourth-order valence-electron chi connectivity index (χ4n) is 3.10. The predicted molar refractivity (Wildman–Crippen MR) is 71.4 cm³/mol. The second kappa shape index (κ2) is 4.74. The maximum Gasteiger partial charge on any atom is 0.339 e. The summed E-state index contributed by atoms with van der Waals surface area (Å²) in [6, 6.07) is 5.82. The lowest BCUT2D eigenvalue weighted by Crippen LogP contribution is -2.42. The summed E-state index contributed by atoms with van der Waals surface area (Å²) in [5, 5.41) is 12.7. The van der Waals surface area contributed by atoms with E-state index in [-0.39, 0.29) is 11.7 Å². The molecule has 4 N–H and O–H groups in total. The van der Waals surface area contributed by atoms with E-state index in [0.29, 0.717) is 23.5 Å². The first kappa shape index (κ1) is 12.3. The molecule has 2 aliphatic heterocycles. The number of nitrogen functional groups attached to an aromatic ring is 1. The summed E-state index contributed by atoms with van der Waals surface area (Å²) in [5.41, 5.74) is 6.21. The molecule has 102 valence electrons. The van der Waals surface area contributed by atoms with Crippen LogP contribution in [0.15, 0.2) is 18.2 Å². The van der Waals surface area contributed by atoms with Gasteiger partial charge < -0.3 is 20.9 Å². The Morgan fingerprint density at radius 1 is 1.32 bits per heavy atom. The Balaban J connectivity index is 1.78. The zero-order valence-corrected chi connectivity index (χ0v) is 10.6. The Kier molecular flexibility index (Phi) is 3.06. The predicted octanol–water partition coefficient (Wildman–Crippen LogP) is 1.63. The summed E-state index contributed by atoms with van der Waals surface area (Å²) in [6.07, 6.45) is 4.37. The lowest BCUT2D eigenvalue weighted by Gasteiger charge is -2.29. The topological polar surface area (TPSA) is 84.6 Å². The van der Waals surface area contributed by atoms with Crippen LogP contribution in [0.2, 0.25) is 0 Å². The van der Waals surface area contributed by atoms with Crippen molar-refractivity contribution in [2.24, 2.45) is 0 Å². The first-order valence-corrected chi connectivity index (χ1v) is 6.67. The molecule has 5 nitrogen and oxygen atoms in total. The summed E-state index contributed by atoms with van der Waals surface area (Å²) in [4.78, 5) is 11.2. The molecule has 2 atom stereocenters. The zero-order chi connectivity index (χ0) is 13.4. The molecule has 0 radical (unpaired) electrons. The number of piperidine rings is 1. The molecule has 0 spiro atoms. The van der Waals surface area contributed by atoms with E-state index >= 15 is 0 Å². The summed E-state index contributed by atoms with van der Waals surface area (Å²) >= 11 is 0. The van der Waals surface area contributed by atoms with Crippen LogP contribution < -0.4 is 15.8 Å². The third kappa shape index (κ3) is 2.51. The lowest BCUT2D eigenvalue weighted by atomic mass is 10.0. The maximum absolute atomic E-state index is 11.2. The van der Waals surface area contributed by atoms with Crippen molar-refractivity contribution in [1.82, 2.24) is 5.32 Å². The van der Waals surface area contributed by atoms with Gasteiger partial charge in [0.25, 0.3) is 0 Å². The van der Waals surface area contributed by atoms with Gasteiger partial charge in [-0.2, -0.15) is 0 Å². The van der Waals surface area contributed by atoms with Gasteiger partial charge in [0.1, 0.15) is 17.4 Å². The van der Waals surface area contributed by atoms with E-state index in [0.717, 1.165) is 12.8 Å². The van der Waals surface area contributed by atoms with Crippen LogP contribution in [0.1, 0.15) is 36.0 Å². The van der Waals surface area contributed by atoms with Crippen molar-refractivity contribution in [2.75, 3.05) is 5.73 Å². The average Bonchev–Trinajstić information content (AvgIpc) is 2.71. The second-order valence-electron chi connectivity index (χ2n) is 5.41. The van der Waals surface area contributed by atoms with Crippen molar-refractivity contribution >= 4 is 11.7 Å². The van der Waals surface area contributed by atoms with Gasteiger partial charge in [-0.1, -0.05) is 0 Å². The highest BCUT2D eigenvalue weighted by molar-refractivity contribution is 5.92. The van der Waals surface area contributed by atoms with Gasteiger partial charge in [0.05, 0.1) is 0 Å². The van der Waals surface area contributed by atoms with Crippen LogP contribution in [0.5, 0.6) is 5.75 Å². The molecule has 0 aromatic heterocycles. The number of nitrogens with two attached hydrogens (primary N) is 1. The van der Waals surface area contributed by atoms with Crippen LogP contribution in [0.4, 0.5) is 5.69 Å². The van der Waals surface area contributed by atoms with E-state index in [1.807, 2.05) is 0 Å². The quantitative estimate of drug-likeness (QED) is 0.721. The summed E-state index contributed by atoms with van der Waals surface area (Å²) in [6.45, 7) is 0. The first-order chi connectivity index (χ1) is 9.11. The van der Waals surface area contributed by atoms with E-state index in [1.165, 1.54) is 18.9 Å². The first-order valence-electron chi connectivity index (χ1n) is 6.67. The molecule has 2 aliphatic rings. The number of benzene rings is 1. The molecule has 1 aromatic carbocycles. The molecule has 1 aromatic rings. The minimum atomic E-state index is -1.00. The minimum Gasteiger partial charge on any atom is -0.489 e. The number of aromatic carboxylic acids is 1. The molecule has 0 amide bonds. The highest BCUT2D eigenvalue weighted by Crippen LogP contribution is 2.31. The second-order valence-corrected chi connectivity index (χ2v) is 5.41.